The van der Waals surface area contributed by atoms with Gasteiger partial charge in [-0.05, 0) is 55.5 Å². The van der Waals surface area contributed by atoms with E-state index in [4.69, 9.17) is 0 Å². The second-order valence-corrected chi connectivity index (χ2v) is 11.2. The Bertz CT molecular complexity index is 1310. The van der Waals surface area contributed by atoms with Gasteiger partial charge in [0, 0.05) is 64.8 Å². The minimum atomic E-state index is 0.111. The van der Waals surface area contributed by atoms with Crippen LogP contribution in [0.2, 0.25) is 0 Å². The molecule has 0 aliphatic carbocycles. The number of benzene rings is 3. The minimum absolute atomic E-state index is 0.111. The van der Waals surface area contributed by atoms with Crippen molar-refractivity contribution in [1.29, 1.82) is 0 Å². The molecule has 0 radical (unpaired) electrons. The lowest BCUT2D eigenvalue weighted by molar-refractivity contribution is 0.0629. The van der Waals surface area contributed by atoms with Crippen molar-refractivity contribution in [3.05, 3.63) is 94.4 Å². The molecule has 1 saturated heterocycles. The van der Waals surface area contributed by atoms with E-state index in [1.54, 1.807) is 23.1 Å². The standard InChI is InChI=1S/C28H26N4OS2/c1-20-29-18-23(34-20)19-30-14-16-31(17-15-30)28(33)21-10-12-22(13-11-21)32-24-6-2-4-8-26(24)35-27-9-5-3-7-25(27)32/h2-13,18H,14-17,19H2,1H3. The highest BCUT2D eigenvalue weighted by Crippen LogP contribution is 2.51. The van der Waals surface area contributed by atoms with Gasteiger partial charge < -0.3 is 9.80 Å². The number of carbonyl (C=O) groups is 1. The Kier molecular flexibility index (Phi) is 6.06. The number of thiazole rings is 1. The maximum absolute atomic E-state index is 13.2. The molecule has 176 valence electrons. The molecule has 3 aromatic carbocycles. The molecule has 35 heavy (non-hydrogen) atoms. The van der Waals surface area contributed by atoms with Gasteiger partial charge in [0.25, 0.3) is 5.91 Å². The zero-order valence-electron chi connectivity index (χ0n) is 19.6. The fraction of sp³-hybridized carbons (Fsp3) is 0.214. The first-order valence-electron chi connectivity index (χ1n) is 11.8. The SMILES string of the molecule is Cc1ncc(CN2CCN(C(=O)c3ccc(N4c5ccccc5Sc5ccccc54)cc3)CC2)s1. The van der Waals surface area contributed by atoms with E-state index in [2.05, 4.69) is 75.4 Å². The van der Waals surface area contributed by atoms with Gasteiger partial charge >= 0.3 is 0 Å². The molecule has 5 nitrogen and oxygen atoms in total. The van der Waals surface area contributed by atoms with Gasteiger partial charge in [0.15, 0.2) is 0 Å². The van der Waals surface area contributed by atoms with Crippen LogP contribution in [-0.4, -0.2) is 46.9 Å². The van der Waals surface area contributed by atoms with Crippen molar-refractivity contribution < 1.29 is 4.79 Å². The van der Waals surface area contributed by atoms with Crippen LogP contribution in [0.3, 0.4) is 0 Å². The third-order valence-electron chi connectivity index (χ3n) is 6.51. The first kappa shape index (κ1) is 22.3. The monoisotopic (exact) mass is 498 g/mol. The Morgan fingerprint density at radius 2 is 1.49 bits per heavy atom. The van der Waals surface area contributed by atoms with Crippen molar-refractivity contribution >= 4 is 46.1 Å². The molecule has 2 aliphatic heterocycles. The van der Waals surface area contributed by atoms with E-state index in [1.165, 1.54) is 26.0 Å². The van der Waals surface area contributed by atoms with Crippen LogP contribution in [0, 0.1) is 6.92 Å². The molecular formula is C28H26N4OS2. The number of nitrogens with zero attached hydrogens (tertiary/aromatic N) is 4. The molecular weight excluding hydrogens is 472 g/mol. The lowest BCUT2D eigenvalue weighted by atomic mass is 10.1. The lowest BCUT2D eigenvalue weighted by Crippen LogP contribution is -2.48. The molecule has 2 aliphatic rings. The summed E-state index contributed by atoms with van der Waals surface area (Å²) in [5.74, 6) is 0.111. The molecule has 0 unspecified atom stereocenters. The maximum atomic E-state index is 13.2. The molecule has 0 spiro atoms. The van der Waals surface area contributed by atoms with Gasteiger partial charge in [-0.25, -0.2) is 4.98 Å². The van der Waals surface area contributed by atoms with E-state index in [1.807, 2.05) is 30.2 Å². The number of para-hydroxylation sites is 2. The highest BCUT2D eigenvalue weighted by Gasteiger charge is 2.26. The average Bonchev–Trinajstić information content (AvgIpc) is 3.31. The second kappa shape index (κ2) is 9.49. The Morgan fingerprint density at radius 3 is 2.09 bits per heavy atom. The van der Waals surface area contributed by atoms with Crippen molar-refractivity contribution in [2.45, 2.75) is 23.3 Å². The van der Waals surface area contributed by atoms with Crippen molar-refractivity contribution in [2.24, 2.45) is 0 Å². The molecule has 6 rings (SSSR count). The van der Waals surface area contributed by atoms with Crippen LogP contribution < -0.4 is 4.90 Å². The normalized spacial score (nSPS) is 15.6. The summed E-state index contributed by atoms with van der Waals surface area (Å²) in [6, 6.07) is 25.0. The zero-order chi connectivity index (χ0) is 23.8. The van der Waals surface area contributed by atoms with Crippen LogP contribution in [-0.2, 0) is 6.54 Å². The van der Waals surface area contributed by atoms with Crippen LogP contribution in [0.25, 0.3) is 0 Å². The smallest absolute Gasteiger partial charge is 0.253 e. The second-order valence-electron chi connectivity index (χ2n) is 8.83. The van der Waals surface area contributed by atoms with Crippen molar-refractivity contribution in [3.8, 4) is 0 Å². The quantitative estimate of drug-likeness (QED) is 0.289. The predicted molar refractivity (Wildman–Crippen MR) is 143 cm³/mol. The van der Waals surface area contributed by atoms with Gasteiger partial charge in [-0.15, -0.1) is 11.3 Å². The summed E-state index contributed by atoms with van der Waals surface area (Å²) in [4.78, 5) is 28.0. The highest BCUT2D eigenvalue weighted by molar-refractivity contribution is 7.99. The van der Waals surface area contributed by atoms with Gasteiger partial charge in [-0.3, -0.25) is 9.69 Å². The number of fused-ring (bicyclic) bond motifs is 2. The fourth-order valence-corrected chi connectivity index (χ4v) is 6.62. The van der Waals surface area contributed by atoms with E-state index in [0.717, 1.165) is 49.0 Å². The summed E-state index contributed by atoms with van der Waals surface area (Å²) in [6.07, 6.45) is 1.97. The molecule has 4 aromatic rings. The first-order valence-corrected chi connectivity index (χ1v) is 13.5. The summed E-state index contributed by atoms with van der Waals surface area (Å²) in [6.45, 7) is 6.24. The zero-order valence-corrected chi connectivity index (χ0v) is 21.2. The number of amides is 1. The largest absolute Gasteiger partial charge is 0.336 e. The van der Waals surface area contributed by atoms with Crippen LogP contribution >= 0.6 is 23.1 Å². The topological polar surface area (TPSA) is 39.7 Å². The third-order valence-corrected chi connectivity index (χ3v) is 8.54. The molecule has 1 amide bonds. The molecule has 1 aromatic heterocycles. The number of hydrogen-bond acceptors (Lipinski definition) is 6. The van der Waals surface area contributed by atoms with E-state index in [0.29, 0.717) is 0 Å². The van der Waals surface area contributed by atoms with Crippen LogP contribution in [0.15, 0.2) is 88.8 Å². The van der Waals surface area contributed by atoms with E-state index in [-0.39, 0.29) is 5.91 Å². The fourth-order valence-electron chi connectivity index (χ4n) is 4.73. The summed E-state index contributed by atoms with van der Waals surface area (Å²) in [7, 11) is 0. The third kappa shape index (κ3) is 4.47. The lowest BCUT2D eigenvalue weighted by Gasteiger charge is -2.35. The Morgan fingerprint density at radius 1 is 0.857 bits per heavy atom. The highest BCUT2D eigenvalue weighted by atomic mass is 32.2. The summed E-state index contributed by atoms with van der Waals surface area (Å²) < 4.78 is 0. The molecule has 3 heterocycles. The molecule has 7 heteroatoms. The Hall–Kier alpha value is -3.13. The maximum Gasteiger partial charge on any atom is 0.253 e. The number of piperazine rings is 1. The number of aryl methyl sites for hydroxylation is 1. The minimum Gasteiger partial charge on any atom is -0.336 e. The van der Waals surface area contributed by atoms with Crippen LogP contribution in [0.4, 0.5) is 17.1 Å². The summed E-state index contributed by atoms with van der Waals surface area (Å²) in [5, 5.41) is 1.10. The number of carbonyl (C=O) groups excluding carboxylic acids is 1. The summed E-state index contributed by atoms with van der Waals surface area (Å²) >= 11 is 3.55. The van der Waals surface area contributed by atoms with Gasteiger partial charge in [0.2, 0.25) is 0 Å². The molecule has 0 saturated carbocycles. The van der Waals surface area contributed by atoms with Crippen LogP contribution in [0.1, 0.15) is 20.2 Å². The Labute approximate surface area is 214 Å². The first-order chi connectivity index (χ1) is 17.2. The molecule has 1 fully saturated rings. The van der Waals surface area contributed by atoms with E-state index < -0.39 is 0 Å². The average molecular weight is 499 g/mol. The van der Waals surface area contributed by atoms with E-state index in [9.17, 15) is 4.79 Å². The van der Waals surface area contributed by atoms with Crippen LogP contribution in [0.5, 0.6) is 0 Å². The van der Waals surface area contributed by atoms with Gasteiger partial charge in [0.1, 0.15) is 0 Å². The van der Waals surface area contributed by atoms with Crippen molar-refractivity contribution in [2.75, 3.05) is 31.1 Å². The molecule has 0 N–H and O–H groups in total. The van der Waals surface area contributed by atoms with Crippen molar-refractivity contribution in [1.82, 2.24) is 14.8 Å². The predicted octanol–water partition coefficient (Wildman–Crippen LogP) is 6.34. The number of anilines is 3. The number of hydrogen-bond donors (Lipinski definition) is 0. The van der Waals surface area contributed by atoms with Crippen molar-refractivity contribution in [3.63, 3.8) is 0 Å². The van der Waals surface area contributed by atoms with E-state index >= 15 is 0 Å². The van der Waals surface area contributed by atoms with Gasteiger partial charge in [-0.1, -0.05) is 36.0 Å². The Balaban J connectivity index is 1.17. The van der Waals surface area contributed by atoms with Gasteiger partial charge in [0.05, 0.1) is 16.4 Å². The number of rotatable bonds is 4. The summed E-state index contributed by atoms with van der Waals surface area (Å²) in [5.41, 5.74) is 4.14. The number of aromatic nitrogens is 1. The molecule has 0 atom stereocenters. The molecule has 0 bridgehead atoms. The van der Waals surface area contributed by atoms with Gasteiger partial charge in [-0.2, -0.15) is 0 Å².